The number of hydrogen-bond donors (Lipinski definition) is 1. The molecular formula is C16H25NO2. The number of benzene rings is 1. The summed E-state index contributed by atoms with van der Waals surface area (Å²) in [5, 5.41) is 0. The fourth-order valence-corrected chi connectivity index (χ4v) is 2.48. The fourth-order valence-electron chi connectivity index (χ4n) is 2.48. The van der Waals surface area contributed by atoms with Crippen LogP contribution in [0.2, 0.25) is 0 Å². The zero-order chi connectivity index (χ0) is 13.7. The van der Waals surface area contributed by atoms with E-state index in [1.807, 2.05) is 6.92 Å². The van der Waals surface area contributed by atoms with Crippen LogP contribution in [-0.2, 0) is 11.2 Å². The predicted molar refractivity (Wildman–Crippen MR) is 77.6 cm³/mol. The number of ether oxygens (including phenoxy) is 2. The van der Waals surface area contributed by atoms with Crippen LogP contribution >= 0.6 is 0 Å². The molecule has 2 rings (SSSR count). The molecule has 1 heterocycles. The Balaban J connectivity index is 1.97. The third-order valence-electron chi connectivity index (χ3n) is 3.57. The molecular weight excluding hydrogens is 238 g/mol. The highest BCUT2D eigenvalue weighted by Crippen LogP contribution is 2.23. The Morgan fingerprint density at radius 3 is 2.79 bits per heavy atom. The second-order valence-corrected chi connectivity index (χ2v) is 5.66. The monoisotopic (exact) mass is 263 g/mol. The van der Waals surface area contributed by atoms with Crippen molar-refractivity contribution in [2.75, 3.05) is 19.8 Å². The highest BCUT2D eigenvalue weighted by atomic mass is 16.5. The fraction of sp³-hybridized carbons (Fsp3) is 0.625. The molecule has 0 aliphatic carbocycles. The van der Waals surface area contributed by atoms with Crippen molar-refractivity contribution in [2.45, 2.75) is 39.2 Å². The second kappa shape index (κ2) is 6.92. The van der Waals surface area contributed by atoms with Gasteiger partial charge >= 0.3 is 0 Å². The average Bonchev–Trinajstić information content (AvgIpc) is 2.38. The van der Waals surface area contributed by atoms with E-state index in [0.717, 1.165) is 44.8 Å². The van der Waals surface area contributed by atoms with Gasteiger partial charge in [-0.25, -0.2) is 0 Å². The molecule has 0 bridgehead atoms. The van der Waals surface area contributed by atoms with Gasteiger partial charge in [-0.05, 0) is 50.7 Å². The molecule has 1 aromatic carbocycles. The Kier molecular flexibility index (Phi) is 5.23. The molecule has 1 aliphatic rings. The van der Waals surface area contributed by atoms with Crippen molar-refractivity contribution < 1.29 is 9.47 Å². The molecule has 1 unspecified atom stereocenters. The van der Waals surface area contributed by atoms with E-state index in [1.54, 1.807) is 0 Å². The molecule has 1 saturated heterocycles. The van der Waals surface area contributed by atoms with Gasteiger partial charge in [0, 0.05) is 19.3 Å². The van der Waals surface area contributed by atoms with E-state index in [1.165, 1.54) is 11.1 Å². The molecule has 3 heteroatoms. The standard InChI is InChI=1S/C16H25NO2/c1-12-3-4-16(15(9-12)10-13(2)17)19-11-14-5-7-18-8-6-14/h3-4,9,13-14H,5-8,10-11,17H2,1-2H3. The Morgan fingerprint density at radius 2 is 2.11 bits per heavy atom. The van der Waals surface area contributed by atoms with Crippen molar-refractivity contribution in [3.8, 4) is 5.75 Å². The highest BCUT2D eigenvalue weighted by Gasteiger charge is 2.15. The molecule has 0 saturated carbocycles. The van der Waals surface area contributed by atoms with Crippen LogP contribution in [0, 0.1) is 12.8 Å². The third kappa shape index (κ3) is 4.51. The molecule has 106 valence electrons. The van der Waals surface area contributed by atoms with Gasteiger partial charge in [0.15, 0.2) is 0 Å². The topological polar surface area (TPSA) is 44.5 Å². The van der Waals surface area contributed by atoms with Gasteiger partial charge in [0.05, 0.1) is 6.61 Å². The summed E-state index contributed by atoms with van der Waals surface area (Å²) < 4.78 is 11.4. The zero-order valence-corrected chi connectivity index (χ0v) is 12.0. The average molecular weight is 263 g/mol. The van der Waals surface area contributed by atoms with E-state index >= 15 is 0 Å². The first kappa shape index (κ1) is 14.4. The molecule has 1 aromatic rings. The van der Waals surface area contributed by atoms with E-state index in [4.69, 9.17) is 15.2 Å². The Morgan fingerprint density at radius 1 is 1.37 bits per heavy atom. The molecule has 0 aromatic heterocycles. The van der Waals surface area contributed by atoms with Crippen LogP contribution in [0.4, 0.5) is 0 Å². The van der Waals surface area contributed by atoms with Crippen molar-refractivity contribution in [2.24, 2.45) is 11.7 Å². The van der Waals surface area contributed by atoms with Crippen LogP contribution in [0.5, 0.6) is 5.75 Å². The first-order valence-electron chi connectivity index (χ1n) is 7.21. The van der Waals surface area contributed by atoms with Gasteiger partial charge in [-0.1, -0.05) is 17.7 Å². The number of aryl methyl sites for hydroxylation is 1. The van der Waals surface area contributed by atoms with Crippen LogP contribution in [0.15, 0.2) is 18.2 Å². The maximum atomic E-state index is 6.02. The molecule has 2 N–H and O–H groups in total. The van der Waals surface area contributed by atoms with Crippen molar-refractivity contribution in [3.63, 3.8) is 0 Å². The summed E-state index contributed by atoms with van der Waals surface area (Å²) in [6, 6.07) is 6.52. The molecule has 0 spiro atoms. The molecule has 0 radical (unpaired) electrons. The smallest absolute Gasteiger partial charge is 0.122 e. The van der Waals surface area contributed by atoms with Gasteiger partial charge in [0.25, 0.3) is 0 Å². The molecule has 1 aliphatic heterocycles. The van der Waals surface area contributed by atoms with Gasteiger partial charge in [-0.15, -0.1) is 0 Å². The normalized spacial score (nSPS) is 18.3. The van der Waals surface area contributed by atoms with Crippen molar-refractivity contribution >= 4 is 0 Å². The molecule has 0 amide bonds. The number of hydrogen-bond acceptors (Lipinski definition) is 3. The van der Waals surface area contributed by atoms with Crippen LogP contribution in [0.3, 0.4) is 0 Å². The highest BCUT2D eigenvalue weighted by molar-refractivity contribution is 5.37. The molecule has 3 nitrogen and oxygen atoms in total. The van der Waals surface area contributed by atoms with E-state index < -0.39 is 0 Å². The number of rotatable bonds is 5. The largest absolute Gasteiger partial charge is 0.493 e. The van der Waals surface area contributed by atoms with E-state index in [2.05, 4.69) is 25.1 Å². The van der Waals surface area contributed by atoms with Gasteiger partial charge in [0.2, 0.25) is 0 Å². The minimum atomic E-state index is 0.159. The summed E-state index contributed by atoms with van der Waals surface area (Å²) in [6.07, 6.45) is 3.08. The summed E-state index contributed by atoms with van der Waals surface area (Å²) in [4.78, 5) is 0. The van der Waals surface area contributed by atoms with Gasteiger partial charge in [0.1, 0.15) is 5.75 Å². The molecule has 1 atom stereocenters. The zero-order valence-electron chi connectivity index (χ0n) is 12.0. The Hall–Kier alpha value is -1.06. The van der Waals surface area contributed by atoms with Crippen molar-refractivity contribution in [1.82, 2.24) is 0 Å². The minimum absolute atomic E-state index is 0.159. The minimum Gasteiger partial charge on any atom is -0.493 e. The van der Waals surface area contributed by atoms with E-state index in [-0.39, 0.29) is 6.04 Å². The van der Waals surface area contributed by atoms with Gasteiger partial charge < -0.3 is 15.2 Å². The maximum Gasteiger partial charge on any atom is 0.122 e. The lowest BCUT2D eigenvalue weighted by Gasteiger charge is -2.23. The van der Waals surface area contributed by atoms with Crippen LogP contribution in [-0.4, -0.2) is 25.9 Å². The van der Waals surface area contributed by atoms with Crippen molar-refractivity contribution in [1.29, 1.82) is 0 Å². The molecule has 19 heavy (non-hydrogen) atoms. The van der Waals surface area contributed by atoms with Crippen LogP contribution < -0.4 is 10.5 Å². The van der Waals surface area contributed by atoms with Crippen LogP contribution in [0.1, 0.15) is 30.9 Å². The lowest BCUT2D eigenvalue weighted by molar-refractivity contribution is 0.0496. The lowest BCUT2D eigenvalue weighted by atomic mass is 10.0. The number of nitrogens with two attached hydrogens (primary N) is 1. The summed E-state index contributed by atoms with van der Waals surface area (Å²) in [5.74, 6) is 1.62. The SMILES string of the molecule is Cc1ccc(OCC2CCOCC2)c(CC(C)N)c1. The van der Waals surface area contributed by atoms with Gasteiger partial charge in [-0.3, -0.25) is 0 Å². The summed E-state index contributed by atoms with van der Waals surface area (Å²) in [6.45, 7) is 6.67. The summed E-state index contributed by atoms with van der Waals surface area (Å²) in [7, 11) is 0. The second-order valence-electron chi connectivity index (χ2n) is 5.66. The first-order valence-corrected chi connectivity index (χ1v) is 7.21. The van der Waals surface area contributed by atoms with Crippen molar-refractivity contribution in [3.05, 3.63) is 29.3 Å². The predicted octanol–water partition coefficient (Wildman–Crippen LogP) is 2.69. The Bertz CT molecular complexity index is 398. The van der Waals surface area contributed by atoms with E-state index in [0.29, 0.717) is 5.92 Å². The van der Waals surface area contributed by atoms with Gasteiger partial charge in [-0.2, -0.15) is 0 Å². The Labute approximate surface area is 116 Å². The summed E-state index contributed by atoms with van der Waals surface area (Å²) in [5.41, 5.74) is 8.39. The first-order chi connectivity index (χ1) is 9.15. The van der Waals surface area contributed by atoms with Crippen LogP contribution in [0.25, 0.3) is 0 Å². The molecule has 1 fully saturated rings. The maximum absolute atomic E-state index is 6.02. The quantitative estimate of drug-likeness (QED) is 0.888. The lowest BCUT2D eigenvalue weighted by Crippen LogP contribution is -2.22. The third-order valence-corrected chi connectivity index (χ3v) is 3.57. The van der Waals surface area contributed by atoms with E-state index in [9.17, 15) is 0 Å². The summed E-state index contributed by atoms with van der Waals surface area (Å²) >= 11 is 0.